The minimum absolute atomic E-state index is 0.159. The van der Waals surface area contributed by atoms with Crippen molar-refractivity contribution in [1.82, 2.24) is 5.32 Å². The topological polar surface area (TPSA) is 29.1 Å². The number of hydrogen-bond acceptors (Lipinski definition) is 1. The Morgan fingerprint density at radius 3 is 2.00 bits per heavy atom. The van der Waals surface area contributed by atoms with Crippen LogP contribution in [0.2, 0.25) is 0 Å². The van der Waals surface area contributed by atoms with E-state index in [1.54, 1.807) is 0 Å². The van der Waals surface area contributed by atoms with Crippen LogP contribution in [0.25, 0.3) is 0 Å². The van der Waals surface area contributed by atoms with Gasteiger partial charge in [0.15, 0.2) is 0 Å². The van der Waals surface area contributed by atoms with Gasteiger partial charge in [-0.15, -0.1) is 0 Å². The van der Waals surface area contributed by atoms with Crippen molar-refractivity contribution in [3.05, 3.63) is 12.8 Å². The molecule has 0 saturated heterocycles. The largest absolute Gasteiger partial charge is 0.333 e. The maximum absolute atomic E-state index is 12.1. The first-order valence-electron chi connectivity index (χ1n) is 6.58. The molecular formula is C14H27NO. The molecule has 2 nitrogen and oxygen atoms in total. The number of carbonyl (C=O) groups is 1. The van der Waals surface area contributed by atoms with E-state index in [1.807, 2.05) is 0 Å². The zero-order chi connectivity index (χ0) is 12.4. The highest BCUT2D eigenvalue weighted by molar-refractivity contribution is 5.83. The van der Waals surface area contributed by atoms with Crippen molar-refractivity contribution in [2.75, 3.05) is 0 Å². The van der Waals surface area contributed by atoms with Gasteiger partial charge in [0, 0.05) is 5.41 Å². The molecule has 0 aliphatic heterocycles. The second kappa shape index (κ2) is 8.37. The SMILES string of the molecule is C=CNC(=O)C(CC)(CCCC)CCCC. The van der Waals surface area contributed by atoms with Crippen molar-refractivity contribution in [2.45, 2.75) is 65.7 Å². The third kappa shape index (κ3) is 4.38. The molecule has 0 bridgehead atoms. The lowest BCUT2D eigenvalue weighted by Gasteiger charge is -2.31. The number of carbonyl (C=O) groups excluding carboxylic acids is 1. The van der Waals surface area contributed by atoms with E-state index < -0.39 is 0 Å². The van der Waals surface area contributed by atoms with E-state index >= 15 is 0 Å². The van der Waals surface area contributed by atoms with Crippen LogP contribution in [0.15, 0.2) is 12.8 Å². The first-order valence-corrected chi connectivity index (χ1v) is 6.58. The average Bonchev–Trinajstić information content (AvgIpc) is 2.30. The van der Waals surface area contributed by atoms with Gasteiger partial charge < -0.3 is 5.32 Å². The lowest BCUT2D eigenvalue weighted by molar-refractivity contribution is -0.131. The Balaban J connectivity index is 4.63. The Morgan fingerprint density at radius 2 is 1.69 bits per heavy atom. The molecule has 0 aromatic heterocycles. The summed E-state index contributed by atoms with van der Waals surface area (Å²) in [6.45, 7) is 10.0. The van der Waals surface area contributed by atoms with Gasteiger partial charge in [-0.3, -0.25) is 4.79 Å². The molecule has 0 unspecified atom stereocenters. The van der Waals surface area contributed by atoms with E-state index in [0.717, 1.165) is 44.9 Å². The van der Waals surface area contributed by atoms with Gasteiger partial charge >= 0.3 is 0 Å². The molecule has 1 amide bonds. The Labute approximate surface area is 101 Å². The van der Waals surface area contributed by atoms with E-state index in [-0.39, 0.29) is 11.3 Å². The van der Waals surface area contributed by atoms with Crippen molar-refractivity contribution in [3.8, 4) is 0 Å². The quantitative estimate of drug-likeness (QED) is 0.631. The molecule has 0 heterocycles. The Morgan fingerprint density at radius 1 is 1.19 bits per heavy atom. The van der Waals surface area contributed by atoms with Crippen LogP contribution in [0.1, 0.15) is 65.7 Å². The summed E-state index contributed by atoms with van der Waals surface area (Å²) in [5.41, 5.74) is -0.166. The lowest BCUT2D eigenvalue weighted by Crippen LogP contribution is -2.38. The second-order valence-electron chi connectivity index (χ2n) is 4.52. The number of hydrogen-bond donors (Lipinski definition) is 1. The molecule has 0 aliphatic rings. The highest BCUT2D eigenvalue weighted by Gasteiger charge is 2.34. The predicted molar refractivity (Wildman–Crippen MR) is 70.1 cm³/mol. The van der Waals surface area contributed by atoms with Crippen LogP contribution < -0.4 is 5.32 Å². The minimum atomic E-state index is -0.166. The van der Waals surface area contributed by atoms with Gasteiger partial charge in [-0.2, -0.15) is 0 Å². The summed E-state index contributed by atoms with van der Waals surface area (Å²) < 4.78 is 0. The van der Waals surface area contributed by atoms with Gasteiger partial charge in [0.25, 0.3) is 0 Å². The number of amides is 1. The summed E-state index contributed by atoms with van der Waals surface area (Å²) in [5, 5.41) is 2.78. The van der Waals surface area contributed by atoms with Crippen LogP contribution >= 0.6 is 0 Å². The number of unbranched alkanes of at least 4 members (excludes halogenated alkanes) is 2. The van der Waals surface area contributed by atoms with Crippen LogP contribution in [0.5, 0.6) is 0 Å². The molecule has 0 spiro atoms. The standard InChI is InChI=1S/C14H27NO/c1-5-9-11-14(7-3,12-10-6-2)13(16)15-8-4/h8H,4-7,9-12H2,1-3H3,(H,15,16). The smallest absolute Gasteiger partial charge is 0.230 e. The highest BCUT2D eigenvalue weighted by Crippen LogP contribution is 2.35. The summed E-state index contributed by atoms with van der Waals surface area (Å²) in [5.74, 6) is 0.159. The molecule has 0 aromatic rings. The van der Waals surface area contributed by atoms with E-state index in [2.05, 4.69) is 32.7 Å². The second-order valence-corrected chi connectivity index (χ2v) is 4.52. The summed E-state index contributed by atoms with van der Waals surface area (Å²) >= 11 is 0. The fourth-order valence-electron chi connectivity index (χ4n) is 2.14. The zero-order valence-corrected chi connectivity index (χ0v) is 11.1. The molecule has 0 aliphatic carbocycles. The van der Waals surface area contributed by atoms with Gasteiger partial charge in [0.05, 0.1) is 0 Å². The van der Waals surface area contributed by atoms with Crippen LogP contribution in [0, 0.1) is 5.41 Å². The predicted octanol–water partition coefficient (Wildman–Crippen LogP) is 4.02. The summed E-state index contributed by atoms with van der Waals surface area (Å²) in [4.78, 5) is 12.1. The Bertz CT molecular complexity index is 203. The molecule has 0 radical (unpaired) electrons. The van der Waals surface area contributed by atoms with Gasteiger partial charge in [-0.05, 0) is 25.5 Å². The Hall–Kier alpha value is -0.790. The number of nitrogens with one attached hydrogen (secondary N) is 1. The van der Waals surface area contributed by atoms with Crippen molar-refractivity contribution in [1.29, 1.82) is 0 Å². The summed E-state index contributed by atoms with van der Waals surface area (Å²) in [6, 6.07) is 0. The third-order valence-corrected chi connectivity index (χ3v) is 3.41. The van der Waals surface area contributed by atoms with Crippen LogP contribution in [0.3, 0.4) is 0 Å². The summed E-state index contributed by atoms with van der Waals surface area (Å²) in [6.07, 6.45) is 8.98. The van der Waals surface area contributed by atoms with E-state index in [9.17, 15) is 4.79 Å². The van der Waals surface area contributed by atoms with E-state index in [1.165, 1.54) is 6.20 Å². The van der Waals surface area contributed by atoms with Crippen LogP contribution in [-0.4, -0.2) is 5.91 Å². The minimum Gasteiger partial charge on any atom is -0.333 e. The Kier molecular flexibility index (Phi) is 7.96. The van der Waals surface area contributed by atoms with E-state index in [0.29, 0.717) is 0 Å². The zero-order valence-electron chi connectivity index (χ0n) is 11.1. The van der Waals surface area contributed by atoms with Crippen LogP contribution in [-0.2, 0) is 4.79 Å². The maximum atomic E-state index is 12.1. The van der Waals surface area contributed by atoms with Crippen molar-refractivity contribution >= 4 is 5.91 Å². The molecule has 94 valence electrons. The van der Waals surface area contributed by atoms with Gasteiger partial charge in [-0.25, -0.2) is 0 Å². The third-order valence-electron chi connectivity index (χ3n) is 3.41. The highest BCUT2D eigenvalue weighted by atomic mass is 16.2. The monoisotopic (exact) mass is 225 g/mol. The molecule has 0 saturated carbocycles. The molecule has 0 fully saturated rings. The fourth-order valence-corrected chi connectivity index (χ4v) is 2.14. The van der Waals surface area contributed by atoms with Gasteiger partial charge in [0.2, 0.25) is 5.91 Å². The molecule has 2 heteroatoms. The molecule has 0 aromatic carbocycles. The molecule has 0 atom stereocenters. The molecular weight excluding hydrogens is 198 g/mol. The maximum Gasteiger partial charge on any atom is 0.230 e. The first-order chi connectivity index (χ1) is 7.66. The van der Waals surface area contributed by atoms with E-state index in [4.69, 9.17) is 0 Å². The van der Waals surface area contributed by atoms with Crippen molar-refractivity contribution in [3.63, 3.8) is 0 Å². The molecule has 16 heavy (non-hydrogen) atoms. The van der Waals surface area contributed by atoms with Crippen molar-refractivity contribution in [2.24, 2.45) is 5.41 Å². The fraction of sp³-hybridized carbons (Fsp3) is 0.786. The molecule has 0 rings (SSSR count). The van der Waals surface area contributed by atoms with Gasteiger partial charge in [0.1, 0.15) is 0 Å². The number of rotatable bonds is 9. The normalized spacial score (nSPS) is 11.2. The average molecular weight is 225 g/mol. The van der Waals surface area contributed by atoms with Crippen LogP contribution in [0.4, 0.5) is 0 Å². The summed E-state index contributed by atoms with van der Waals surface area (Å²) in [7, 11) is 0. The molecule has 1 N–H and O–H groups in total. The van der Waals surface area contributed by atoms with Gasteiger partial charge in [-0.1, -0.05) is 53.0 Å². The first kappa shape index (κ1) is 15.2. The van der Waals surface area contributed by atoms with Crippen molar-refractivity contribution < 1.29 is 4.79 Å². The lowest BCUT2D eigenvalue weighted by atomic mass is 9.75.